The van der Waals surface area contributed by atoms with Crippen LogP contribution in [0.1, 0.15) is 30.6 Å². The van der Waals surface area contributed by atoms with Gasteiger partial charge in [0, 0.05) is 13.1 Å². The maximum absolute atomic E-state index is 12.5. The van der Waals surface area contributed by atoms with Crippen LogP contribution in [0.3, 0.4) is 0 Å². The van der Waals surface area contributed by atoms with Crippen molar-refractivity contribution in [2.45, 2.75) is 20.3 Å². The number of benzene rings is 1. The summed E-state index contributed by atoms with van der Waals surface area (Å²) in [6.07, 6.45) is 0.180. The number of hydrogen-bond acceptors (Lipinski definition) is 3. The zero-order valence-corrected chi connectivity index (χ0v) is 12.8. The number of amides is 1. The van der Waals surface area contributed by atoms with Gasteiger partial charge >= 0.3 is 5.97 Å². The van der Waals surface area contributed by atoms with E-state index in [2.05, 4.69) is 4.74 Å². The summed E-state index contributed by atoms with van der Waals surface area (Å²) in [4.78, 5) is 25.4. The Morgan fingerprint density at radius 2 is 1.95 bits per heavy atom. The van der Waals surface area contributed by atoms with E-state index in [4.69, 9.17) is 11.6 Å². The van der Waals surface area contributed by atoms with Crippen LogP contribution in [-0.4, -0.2) is 37.0 Å². The number of hydrogen-bond donors (Lipinski definition) is 0. The molecule has 1 aromatic carbocycles. The summed E-state index contributed by atoms with van der Waals surface area (Å²) in [7, 11) is 1.34. The first-order valence-electron chi connectivity index (χ1n) is 6.56. The van der Waals surface area contributed by atoms with Crippen LogP contribution in [0.5, 0.6) is 0 Å². The molecule has 0 aliphatic heterocycles. The van der Waals surface area contributed by atoms with Gasteiger partial charge in [-0.15, -0.1) is 0 Å². The lowest BCUT2D eigenvalue weighted by molar-refractivity contribution is -0.140. The first kappa shape index (κ1) is 16.5. The Kier molecular flexibility index (Phi) is 6.52. The van der Waals surface area contributed by atoms with E-state index in [0.717, 1.165) is 0 Å². The third-order valence-electron chi connectivity index (χ3n) is 2.79. The van der Waals surface area contributed by atoms with Gasteiger partial charge in [-0.1, -0.05) is 37.6 Å². The first-order chi connectivity index (χ1) is 9.45. The van der Waals surface area contributed by atoms with Crippen LogP contribution in [0.4, 0.5) is 0 Å². The molecule has 110 valence electrons. The largest absolute Gasteiger partial charge is 0.469 e. The van der Waals surface area contributed by atoms with Crippen LogP contribution >= 0.6 is 11.6 Å². The lowest BCUT2D eigenvalue weighted by Crippen LogP contribution is -2.36. The molecule has 20 heavy (non-hydrogen) atoms. The molecular weight excluding hydrogens is 278 g/mol. The van der Waals surface area contributed by atoms with Gasteiger partial charge in [-0.3, -0.25) is 9.59 Å². The van der Waals surface area contributed by atoms with Gasteiger partial charge in [0.05, 0.1) is 24.1 Å². The Morgan fingerprint density at radius 1 is 1.30 bits per heavy atom. The molecule has 0 aliphatic carbocycles. The molecule has 1 aromatic rings. The zero-order valence-electron chi connectivity index (χ0n) is 12.1. The fourth-order valence-corrected chi connectivity index (χ4v) is 2.07. The lowest BCUT2D eigenvalue weighted by Gasteiger charge is -2.24. The highest BCUT2D eigenvalue weighted by Gasteiger charge is 2.20. The van der Waals surface area contributed by atoms with Crippen LogP contribution in [-0.2, 0) is 9.53 Å². The molecule has 0 saturated carbocycles. The monoisotopic (exact) mass is 297 g/mol. The summed E-state index contributed by atoms with van der Waals surface area (Å²) in [6.45, 7) is 4.94. The van der Waals surface area contributed by atoms with Gasteiger partial charge in [-0.25, -0.2) is 0 Å². The van der Waals surface area contributed by atoms with Crippen molar-refractivity contribution in [2.75, 3.05) is 20.2 Å². The molecule has 0 saturated heterocycles. The molecule has 0 atom stereocenters. The van der Waals surface area contributed by atoms with Crippen molar-refractivity contribution in [1.29, 1.82) is 0 Å². The van der Waals surface area contributed by atoms with Gasteiger partial charge in [0.1, 0.15) is 0 Å². The number of methoxy groups -OCH3 is 1. The number of carbonyl (C=O) groups is 2. The van der Waals surface area contributed by atoms with E-state index in [1.165, 1.54) is 7.11 Å². The molecule has 0 aromatic heterocycles. The van der Waals surface area contributed by atoms with Crippen molar-refractivity contribution >= 4 is 23.5 Å². The SMILES string of the molecule is COC(=O)CCN(CC(C)C)C(=O)c1ccccc1Cl. The van der Waals surface area contributed by atoms with Crippen molar-refractivity contribution in [1.82, 2.24) is 4.90 Å². The number of carbonyl (C=O) groups excluding carboxylic acids is 2. The molecule has 4 nitrogen and oxygen atoms in total. The number of rotatable bonds is 6. The van der Waals surface area contributed by atoms with Gasteiger partial charge < -0.3 is 9.64 Å². The van der Waals surface area contributed by atoms with E-state index < -0.39 is 0 Å². The molecule has 0 aliphatic rings. The van der Waals surface area contributed by atoms with Crippen molar-refractivity contribution in [2.24, 2.45) is 5.92 Å². The summed E-state index contributed by atoms with van der Waals surface area (Å²) in [6, 6.07) is 6.92. The summed E-state index contributed by atoms with van der Waals surface area (Å²) in [5.41, 5.74) is 0.458. The van der Waals surface area contributed by atoms with E-state index in [1.807, 2.05) is 13.8 Å². The van der Waals surface area contributed by atoms with E-state index in [9.17, 15) is 9.59 Å². The van der Waals surface area contributed by atoms with E-state index in [-0.39, 0.29) is 18.3 Å². The zero-order chi connectivity index (χ0) is 15.1. The van der Waals surface area contributed by atoms with Gasteiger partial charge in [-0.05, 0) is 18.1 Å². The van der Waals surface area contributed by atoms with Crippen molar-refractivity contribution < 1.29 is 14.3 Å². The topological polar surface area (TPSA) is 46.6 Å². The minimum absolute atomic E-state index is 0.159. The van der Waals surface area contributed by atoms with Gasteiger partial charge in [0.2, 0.25) is 0 Å². The predicted octanol–water partition coefficient (Wildman–Crippen LogP) is 3.00. The number of ether oxygens (including phenoxy) is 1. The van der Waals surface area contributed by atoms with Gasteiger partial charge in [-0.2, -0.15) is 0 Å². The molecular formula is C15H20ClNO3. The summed E-state index contributed by atoms with van der Waals surface area (Å²) in [5, 5.41) is 0.421. The minimum Gasteiger partial charge on any atom is -0.469 e. The maximum atomic E-state index is 12.5. The summed E-state index contributed by atoms with van der Waals surface area (Å²) < 4.78 is 4.61. The molecule has 1 rings (SSSR count). The predicted molar refractivity (Wildman–Crippen MR) is 78.8 cm³/mol. The molecule has 0 fully saturated rings. The summed E-state index contributed by atoms with van der Waals surface area (Å²) in [5.74, 6) is -0.182. The number of nitrogens with zero attached hydrogens (tertiary/aromatic N) is 1. The van der Waals surface area contributed by atoms with E-state index in [0.29, 0.717) is 29.6 Å². The highest BCUT2D eigenvalue weighted by molar-refractivity contribution is 6.33. The second-order valence-corrected chi connectivity index (χ2v) is 5.36. The molecule has 0 N–H and O–H groups in total. The Morgan fingerprint density at radius 3 is 2.50 bits per heavy atom. The average Bonchev–Trinajstić information content (AvgIpc) is 2.42. The van der Waals surface area contributed by atoms with Crippen LogP contribution in [0, 0.1) is 5.92 Å². The average molecular weight is 298 g/mol. The fraction of sp³-hybridized carbons (Fsp3) is 0.467. The molecule has 5 heteroatoms. The van der Waals surface area contributed by atoms with Gasteiger partial charge in [0.25, 0.3) is 5.91 Å². The van der Waals surface area contributed by atoms with Crippen LogP contribution in [0.2, 0.25) is 5.02 Å². The quantitative estimate of drug-likeness (QED) is 0.758. The van der Waals surface area contributed by atoms with E-state index in [1.54, 1.807) is 29.2 Å². The molecule has 0 unspecified atom stereocenters. The number of halogens is 1. The lowest BCUT2D eigenvalue weighted by atomic mass is 10.1. The Balaban J connectivity index is 2.84. The highest BCUT2D eigenvalue weighted by Crippen LogP contribution is 2.18. The fourth-order valence-electron chi connectivity index (χ4n) is 1.85. The normalized spacial score (nSPS) is 10.4. The summed E-state index contributed by atoms with van der Waals surface area (Å²) >= 11 is 6.05. The maximum Gasteiger partial charge on any atom is 0.307 e. The molecule has 0 spiro atoms. The third kappa shape index (κ3) is 4.85. The standard InChI is InChI=1S/C15H20ClNO3/c1-11(2)10-17(9-8-14(18)20-3)15(19)12-6-4-5-7-13(12)16/h4-7,11H,8-10H2,1-3H3. The van der Waals surface area contributed by atoms with Crippen molar-refractivity contribution in [3.8, 4) is 0 Å². The van der Waals surface area contributed by atoms with Crippen molar-refractivity contribution in [3.05, 3.63) is 34.9 Å². The molecule has 0 heterocycles. The van der Waals surface area contributed by atoms with Crippen molar-refractivity contribution in [3.63, 3.8) is 0 Å². The Bertz CT molecular complexity index is 474. The second kappa shape index (κ2) is 7.90. The smallest absolute Gasteiger partial charge is 0.307 e. The highest BCUT2D eigenvalue weighted by atomic mass is 35.5. The Labute approximate surface area is 124 Å². The Hall–Kier alpha value is -1.55. The van der Waals surface area contributed by atoms with E-state index >= 15 is 0 Å². The van der Waals surface area contributed by atoms with Crippen LogP contribution in [0.25, 0.3) is 0 Å². The number of esters is 1. The minimum atomic E-state index is -0.328. The molecule has 1 amide bonds. The van der Waals surface area contributed by atoms with Crippen LogP contribution in [0.15, 0.2) is 24.3 Å². The first-order valence-corrected chi connectivity index (χ1v) is 6.94. The third-order valence-corrected chi connectivity index (χ3v) is 3.12. The molecule has 0 radical (unpaired) electrons. The van der Waals surface area contributed by atoms with Crippen LogP contribution < -0.4 is 0 Å². The second-order valence-electron chi connectivity index (χ2n) is 4.95. The van der Waals surface area contributed by atoms with Gasteiger partial charge in [0.15, 0.2) is 0 Å². The molecule has 0 bridgehead atoms.